The molecule has 0 bridgehead atoms. The van der Waals surface area contributed by atoms with Crippen LogP contribution in [0, 0.1) is 5.92 Å². The summed E-state index contributed by atoms with van der Waals surface area (Å²) in [5, 5.41) is 18.4. The number of ether oxygens (including phenoxy) is 1. The molecule has 0 spiro atoms. The highest BCUT2D eigenvalue weighted by Gasteiger charge is 2.40. The molecule has 18 heavy (non-hydrogen) atoms. The van der Waals surface area contributed by atoms with E-state index in [0.717, 1.165) is 5.56 Å². The van der Waals surface area contributed by atoms with Crippen molar-refractivity contribution in [2.75, 3.05) is 7.11 Å². The topological polar surface area (TPSA) is 83.8 Å². The molecule has 0 amide bonds. The largest absolute Gasteiger partial charge is 0.496 e. The minimum absolute atomic E-state index is 0.319. The third-order valence-corrected chi connectivity index (χ3v) is 3.42. The summed E-state index contributed by atoms with van der Waals surface area (Å²) in [6.45, 7) is 0. The molecule has 2 N–H and O–H groups in total. The van der Waals surface area contributed by atoms with Crippen LogP contribution >= 0.6 is 0 Å². The van der Waals surface area contributed by atoms with Crippen molar-refractivity contribution in [3.63, 3.8) is 0 Å². The second-order valence-electron chi connectivity index (χ2n) is 4.33. The van der Waals surface area contributed by atoms with Crippen LogP contribution in [0.1, 0.15) is 23.5 Å². The van der Waals surface area contributed by atoms with E-state index in [1.165, 1.54) is 7.11 Å². The third kappa shape index (κ3) is 1.92. The zero-order valence-corrected chi connectivity index (χ0v) is 9.92. The van der Waals surface area contributed by atoms with Gasteiger partial charge in [-0.3, -0.25) is 9.59 Å². The summed E-state index contributed by atoms with van der Waals surface area (Å²) in [5.74, 6) is -3.40. The number of carboxylic acid groups (broad SMARTS) is 2. The van der Waals surface area contributed by atoms with Crippen molar-refractivity contribution >= 4 is 11.9 Å². The number of benzene rings is 1. The lowest BCUT2D eigenvalue weighted by Gasteiger charge is -2.29. The van der Waals surface area contributed by atoms with E-state index < -0.39 is 23.8 Å². The van der Waals surface area contributed by atoms with E-state index in [9.17, 15) is 14.7 Å². The molecule has 1 aromatic rings. The van der Waals surface area contributed by atoms with Crippen molar-refractivity contribution in [3.05, 3.63) is 29.3 Å². The lowest BCUT2D eigenvalue weighted by molar-refractivity contribution is -0.150. The summed E-state index contributed by atoms with van der Waals surface area (Å²) in [6, 6.07) is 5.13. The van der Waals surface area contributed by atoms with Crippen LogP contribution in [0.3, 0.4) is 0 Å². The smallest absolute Gasteiger partial charge is 0.311 e. The van der Waals surface area contributed by atoms with Gasteiger partial charge in [0.05, 0.1) is 18.9 Å². The van der Waals surface area contributed by atoms with Crippen molar-refractivity contribution in [1.29, 1.82) is 0 Å². The number of rotatable bonds is 3. The van der Waals surface area contributed by atoms with Crippen molar-refractivity contribution < 1.29 is 24.5 Å². The maximum absolute atomic E-state index is 11.3. The van der Waals surface area contributed by atoms with Gasteiger partial charge in [0.25, 0.3) is 0 Å². The molecule has 0 radical (unpaired) electrons. The summed E-state index contributed by atoms with van der Waals surface area (Å²) in [4.78, 5) is 22.5. The lowest BCUT2D eigenvalue weighted by Crippen LogP contribution is -2.32. The molecule has 2 unspecified atom stereocenters. The second kappa shape index (κ2) is 4.68. The quantitative estimate of drug-likeness (QED) is 0.849. The Hall–Kier alpha value is -2.04. The van der Waals surface area contributed by atoms with Gasteiger partial charge >= 0.3 is 11.9 Å². The van der Waals surface area contributed by atoms with Gasteiger partial charge in [-0.25, -0.2) is 0 Å². The van der Waals surface area contributed by atoms with Gasteiger partial charge in [0, 0.05) is 0 Å². The molecule has 0 saturated carbocycles. The molecule has 1 aliphatic rings. The van der Waals surface area contributed by atoms with E-state index in [4.69, 9.17) is 9.84 Å². The zero-order chi connectivity index (χ0) is 13.3. The Bertz CT molecular complexity index is 494. The molecule has 0 aliphatic heterocycles. The normalized spacial score (nSPS) is 22.1. The molecule has 2 rings (SSSR count). The number of aliphatic carboxylic acids is 2. The highest BCUT2D eigenvalue weighted by atomic mass is 16.5. The minimum atomic E-state index is -1.10. The fraction of sp³-hybridized carbons (Fsp3) is 0.385. The second-order valence-corrected chi connectivity index (χ2v) is 4.33. The molecule has 5 heteroatoms. The van der Waals surface area contributed by atoms with E-state index in [0.29, 0.717) is 24.2 Å². The Kier molecular flexibility index (Phi) is 3.23. The number of fused-ring (bicyclic) bond motifs is 1. The maximum atomic E-state index is 11.3. The Morgan fingerprint density at radius 3 is 2.56 bits per heavy atom. The van der Waals surface area contributed by atoms with Gasteiger partial charge in [0.2, 0.25) is 0 Å². The van der Waals surface area contributed by atoms with Gasteiger partial charge < -0.3 is 14.9 Å². The van der Waals surface area contributed by atoms with E-state index in [1.54, 1.807) is 18.2 Å². The highest BCUT2D eigenvalue weighted by molar-refractivity contribution is 5.85. The van der Waals surface area contributed by atoms with Gasteiger partial charge in [0.1, 0.15) is 5.75 Å². The Labute approximate surface area is 104 Å². The van der Waals surface area contributed by atoms with Gasteiger partial charge in [-0.15, -0.1) is 0 Å². The first kappa shape index (κ1) is 12.4. The summed E-state index contributed by atoms with van der Waals surface area (Å²) in [6.07, 6.45) is 0.847. The van der Waals surface area contributed by atoms with Crippen LogP contribution in [0.25, 0.3) is 0 Å². The fourth-order valence-corrected chi connectivity index (χ4v) is 2.59. The van der Waals surface area contributed by atoms with Gasteiger partial charge in [0.15, 0.2) is 0 Å². The van der Waals surface area contributed by atoms with Crippen LogP contribution in [0.2, 0.25) is 0 Å². The molecular weight excluding hydrogens is 236 g/mol. The van der Waals surface area contributed by atoms with E-state index in [1.807, 2.05) is 0 Å². The molecule has 0 heterocycles. The Balaban J connectivity index is 2.53. The van der Waals surface area contributed by atoms with Crippen LogP contribution in [-0.4, -0.2) is 29.3 Å². The number of carbonyl (C=O) groups is 2. The van der Waals surface area contributed by atoms with Crippen LogP contribution in [0.4, 0.5) is 0 Å². The van der Waals surface area contributed by atoms with E-state index in [2.05, 4.69) is 0 Å². The van der Waals surface area contributed by atoms with Gasteiger partial charge in [-0.05, 0) is 30.0 Å². The van der Waals surface area contributed by atoms with Crippen molar-refractivity contribution in [1.82, 2.24) is 0 Å². The zero-order valence-electron chi connectivity index (χ0n) is 9.92. The highest BCUT2D eigenvalue weighted by Crippen LogP contribution is 2.40. The van der Waals surface area contributed by atoms with Gasteiger partial charge in [-0.1, -0.05) is 12.1 Å². The summed E-state index contributed by atoms with van der Waals surface area (Å²) >= 11 is 0. The molecular formula is C13H14O5. The first-order valence-electron chi connectivity index (χ1n) is 5.67. The number of methoxy groups -OCH3 is 1. The van der Waals surface area contributed by atoms with Crippen LogP contribution in [0.5, 0.6) is 5.75 Å². The molecule has 0 aromatic heterocycles. The predicted molar refractivity (Wildman–Crippen MR) is 62.8 cm³/mol. The summed E-state index contributed by atoms with van der Waals surface area (Å²) < 4.78 is 5.20. The van der Waals surface area contributed by atoms with Crippen molar-refractivity contribution in [2.24, 2.45) is 5.92 Å². The molecule has 0 fully saturated rings. The molecule has 1 aliphatic carbocycles. The SMILES string of the molecule is COc1cccc2c1CCC(C(=O)O)C2C(=O)O. The third-order valence-electron chi connectivity index (χ3n) is 3.42. The first-order chi connectivity index (χ1) is 8.56. The number of carboxylic acids is 2. The Morgan fingerprint density at radius 1 is 1.28 bits per heavy atom. The van der Waals surface area contributed by atoms with Crippen molar-refractivity contribution in [3.8, 4) is 5.75 Å². The average molecular weight is 250 g/mol. The first-order valence-corrected chi connectivity index (χ1v) is 5.67. The Morgan fingerprint density at radius 2 is 2.00 bits per heavy atom. The standard InChI is InChI=1S/C13H14O5/c1-18-10-4-2-3-8-7(10)5-6-9(12(14)15)11(8)13(16)17/h2-4,9,11H,5-6H2,1H3,(H,14,15)(H,16,17). The number of hydrogen-bond donors (Lipinski definition) is 2. The molecule has 2 atom stereocenters. The summed E-state index contributed by atoms with van der Waals surface area (Å²) in [7, 11) is 1.52. The minimum Gasteiger partial charge on any atom is -0.496 e. The average Bonchev–Trinajstić information content (AvgIpc) is 2.35. The monoisotopic (exact) mass is 250 g/mol. The predicted octanol–water partition coefficient (Wildman–Crippen LogP) is 1.51. The van der Waals surface area contributed by atoms with E-state index >= 15 is 0 Å². The van der Waals surface area contributed by atoms with Gasteiger partial charge in [-0.2, -0.15) is 0 Å². The van der Waals surface area contributed by atoms with Crippen LogP contribution in [-0.2, 0) is 16.0 Å². The molecule has 0 saturated heterocycles. The molecule has 96 valence electrons. The van der Waals surface area contributed by atoms with Crippen LogP contribution < -0.4 is 4.74 Å². The lowest BCUT2D eigenvalue weighted by atomic mass is 9.75. The van der Waals surface area contributed by atoms with Crippen LogP contribution in [0.15, 0.2) is 18.2 Å². The maximum Gasteiger partial charge on any atom is 0.311 e. The molecule has 5 nitrogen and oxygen atoms in total. The van der Waals surface area contributed by atoms with E-state index in [-0.39, 0.29) is 0 Å². The fourth-order valence-electron chi connectivity index (χ4n) is 2.59. The molecule has 1 aromatic carbocycles. The van der Waals surface area contributed by atoms with Crippen molar-refractivity contribution in [2.45, 2.75) is 18.8 Å². The summed E-state index contributed by atoms with van der Waals surface area (Å²) in [5.41, 5.74) is 1.37. The number of hydrogen-bond acceptors (Lipinski definition) is 3.